The summed E-state index contributed by atoms with van der Waals surface area (Å²) in [4.78, 5) is 22.2. The van der Waals surface area contributed by atoms with Crippen molar-refractivity contribution in [3.8, 4) is 28.4 Å². The number of benzene rings is 1. The summed E-state index contributed by atoms with van der Waals surface area (Å²) < 4.78 is 7.36. The number of aryl methyl sites for hydroxylation is 1. The molecule has 170 valence electrons. The Morgan fingerprint density at radius 1 is 1.12 bits per heavy atom. The van der Waals surface area contributed by atoms with Gasteiger partial charge in [-0.25, -0.2) is 9.97 Å². The van der Waals surface area contributed by atoms with Gasteiger partial charge in [0.2, 0.25) is 5.88 Å². The number of ether oxygens (including phenoxy) is 1. The van der Waals surface area contributed by atoms with E-state index in [1.54, 1.807) is 25.6 Å². The Kier molecular flexibility index (Phi) is 7.09. The number of carbonyl (C=O) groups is 1. The molecule has 5 rings (SSSR count). The summed E-state index contributed by atoms with van der Waals surface area (Å²) in [6, 6.07) is 15.5. The first-order valence-electron chi connectivity index (χ1n) is 10.6. The number of carbonyl (C=O) groups excluding carboxylic acids is 1. The lowest BCUT2D eigenvalue weighted by Gasteiger charge is -2.24. The van der Waals surface area contributed by atoms with Gasteiger partial charge in [0, 0.05) is 36.8 Å². The fourth-order valence-corrected chi connectivity index (χ4v) is 3.89. The molecule has 0 radical (unpaired) electrons. The van der Waals surface area contributed by atoms with Crippen molar-refractivity contribution in [2.45, 2.75) is 25.4 Å². The second-order valence-electron chi connectivity index (χ2n) is 7.49. The molecule has 1 unspecified atom stereocenters. The maximum absolute atomic E-state index is 13.0. The molecule has 0 fully saturated rings. The molecule has 1 aliphatic rings. The first-order chi connectivity index (χ1) is 16.2. The van der Waals surface area contributed by atoms with Crippen LogP contribution in [0.25, 0.3) is 22.5 Å². The fourth-order valence-electron chi connectivity index (χ4n) is 3.89. The van der Waals surface area contributed by atoms with Gasteiger partial charge in [-0.15, -0.1) is 0 Å². The molecule has 2 N–H and O–H groups in total. The molecule has 4 heterocycles. The number of pyridine rings is 1. The summed E-state index contributed by atoms with van der Waals surface area (Å²) in [5.41, 5.74) is 3.71. The third kappa shape index (κ3) is 4.93. The highest BCUT2D eigenvalue weighted by atomic mass is 32.1. The summed E-state index contributed by atoms with van der Waals surface area (Å²) in [6.07, 6.45) is 6.91. The molecule has 1 aliphatic heterocycles. The number of rotatable bonds is 5. The van der Waals surface area contributed by atoms with Crippen LogP contribution in [0.2, 0.25) is 0 Å². The van der Waals surface area contributed by atoms with Crippen LogP contribution in [-0.4, -0.2) is 50.0 Å². The summed E-state index contributed by atoms with van der Waals surface area (Å²) in [5.74, 6) is 1.26. The molecule has 0 aliphatic carbocycles. The highest BCUT2D eigenvalue weighted by Crippen LogP contribution is 2.24. The third-order valence-electron chi connectivity index (χ3n) is 5.49. The molecule has 0 saturated heterocycles. The topological polar surface area (TPSA) is 97.7 Å². The largest absolute Gasteiger partial charge is 0.481 e. The van der Waals surface area contributed by atoms with Crippen molar-refractivity contribution < 1.29 is 9.53 Å². The second kappa shape index (κ2) is 10.4. The molecule has 8 nitrogen and oxygen atoms in total. The van der Waals surface area contributed by atoms with E-state index in [9.17, 15) is 4.79 Å². The molecule has 4 aromatic rings. The van der Waals surface area contributed by atoms with Crippen LogP contribution < -0.4 is 10.1 Å². The van der Waals surface area contributed by atoms with Crippen LogP contribution in [0.15, 0.2) is 60.9 Å². The lowest BCUT2D eigenvalue weighted by molar-refractivity contribution is 0.0926. The first kappa shape index (κ1) is 22.6. The van der Waals surface area contributed by atoms with Gasteiger partial charge in [-0.05, 0) is 18.7 Å². The number of aromatic nitrogens is 5. The van der Waals surface area contributed by atoms with Crippen molar-refractivity contribution in [3.63, 3.8) is 0 Å². The Labute approximate surface area is 197 Å². The molecule has 1 atom stereocenters. The highest BCUT2D eigenvalue weighted by molar-refractivity contribution is 7.79. The zero-order chi connectivity index (χ0) is 23.2. The smallest absolute Gasteiger partial charge is 0.270 e. The zero-order valence-electron chi connectivity index (χ0n) is 18.5. The first-order valence-corrected chi connectivity index (χ1v) is 11.5. The molecule has 1 amide bonds. The number of nitrogens with one attached hydrogen (secondary N) is 2. The van der Waals surface area contributed by atoms with Crippen LogP contribution in [0.1, 0.15) is 22.7 Å². The van der Waals surface area contributed by atoms with Crippen LogP contribution in [0.3, 0.4) is 0 Å². The summed E-state index contributed by atoms with van der Waals surface area (Å²) in [6.45, 7) is 0.813. The number of methoxy groups -OCH3 is 1. The van der Waals surface area contributed by atoms with E-state index in [1.807, 2.05) is 30.3 Å². The number of amides is 1. The fraction of sp³-hybridized carbons (Fsp3) is 0.250. The van der Waals surface area contributed by atoms with Crippen molar-refractivity contribution in [1.82, 2.24) is 30.0 Å². The predicted molar refractivity (Wildman–Crippen MR) is 131 cm³/mol. The Hall–Kier alpha value is -3.59. The minimum atomic E-state index is -0.203. The van der Waals surface area contributed by atoms with Gasteiger partial charge < -0.3 is 14.6 Å². The van der Waals surface area contributed by atoms with E-state index in [-0.39, 0.29) is 11.9 Å². The van der Waals surface area contributed by atoms with E-state index in [4.69, 9.17) is 9.72 Å². The number of fused-ring (bicyclic) bond motifs is 1. The SMILES string of the molecule is COc1cccc(-c2cn[nH]c2C(=O)NC2CCn3cc(-c4ccccc4)nc3C2)n1.CS. The van der Waals surface area contributed by atoms with Gasteiger partial charge in [0.05, 0.1) is 30.3 Å². The molecule has 0 saturated carbocycles. The average molecular weight is 463 g/mol. The maximum Gasteiger partial charge on any atom is 0.270 e. The lowest BCUT2D eigenvalue weighted by atomic mass is 10.1. The molecule has 0 bridgehead atoms. The Balaban J connectivity index is 0.00000126. The van der Waals surface area contributed by atoms with E-state index in [0.717, 1.165) is 30.0 Å². The van der Waals surface area contributed by atoms with E-state index in [1.165, 1.54) is 0 Å². The highest BCUT2D eigenvalue weighted by Gasteiger charge is 2.25. The van der Waals surface area contributed by atoms with Crippen LogP contribution in [0.4, 0.5) is 0 Å². The van der Waals surface area contributed by atoms with E-state index >= 15 is 0 Å². The number of hydrogen-bond acceptors (Lipinski definition) is 6. The number of nitrogens with zero attached hydrogens (tertiary/aromatic N) is 4. The number of H-pyrrole nitrogens is 1. The molecule has 1 aromatic carbocycles. The van der Waals surface area contributed by atoms with Crippen LogP contribution >= 0.6 is 12.6 Å². The standard InChI is InChI=1S/C23H22N6O2.CH4S/c1-31-21-9-5-8-18(27-21)17-13-24-28-22(17)23(30)25-16-10-11-29-14-19(26-20(29)12-16)15-6-3-2-4-7-15;1-2/h2-9,13-14,16H,10-12H2,1H3,(H,24,28)(H,25,30);2H,1H3. The van der Waals surface area contributed by atoms with Crippen LogP contribution in [0, 0.1) is 0 Å². The summed E-state index contributed by atoms with van der Waals surface area (Å²) >= 11 is 3.53. The monoisotopic (exact) mass is 462 g/mol. The normalized spacial score (nSPS) is 14.6. The van der Waals surface area contributed by atoms with Gasteiger partial charge in [-0.1, -0.05) is 36.4 Å². The van der Waals surface area contributed by atoms with Gasteiger partial charge >= 0.3 is 0 Å². The van der Waals surface area contributed by atoms with Gasteiger partial charge in [0.25, 0.3) is 5.91 Å². The molecule has 3 aromatic heterocycles. The van der Waals surface area contributed by atoms with Gasteiger partial charge in [0.1, 0.15) is 11.5 Å². The minimum Gasteiger partial charge on any atom is -0.481 e. The zero-order valence-corrected chi connectivity index (χ0v) is 19.4. The van der Waals surface area contributed by atoms with Crippen molar-refractivity contribution in [1.29, 1.82) is 0 Å². The number of hydrogen-bond donors (Lipinski definition) is 3. The van der Waals surface area contributed by atoms with Gasteiger partial charge in [0.15, 0.2) is 0 Å². The quantitative estimate of drug-likeness (QED) is 0.394. The predicted octanol–water partition coefficient (Wildman–Crippen LogP) is 3.63. The molecular formula is C24H26N6O2S. The van der Waals surface area contributed by atoms with Crippen molar-refractivity contribution >= 4 is 18.5 Å². The number of aromatic amines is 1. The van der Waals surface area contributed by atoms with Crippen molar-refractivity contribution in [2.75, 3.05) is 13.4 Å². The maximum atomic E-state index is 13.0. The Morgan fingerprint density at radius 2 is 1.94 bits per heavy atom. The summed E-state index contributed by atoms with van der Waals surface area (Å²) in [7, 11) is 1.56. The van der Waals surface area contributed by atoms with Crippen LogP contribution in [0.5, 0.6) is 5.88 Å². The minimum absolute atomic E-state index is 0.000409. The molecule has 33 heavy (non-hydrogen) atoms. The molecule has 0 spiro atoms. The average Bonchev–Trinajstić information content (AvgIpc) is 3.53. The summed E-state index contributed by atoms with van der Waals surface area (Å²) in [5, 5.41) is 10.00. The number of thiol groups is 1. The van der Waals surface area contributed by atoms with Crippen LogP contribution in [-0.2, 0) is 13.0 Å². The molecular weight excluding hydrogens is 436 g/mol. The van der Waals surface area contributed by atoms with Crippen molar-refractivity contribution in [3.05, 3.63) is 72.4 Å². The van der Waals surface area contributed by atoms with E-state index in [2.05, 4.69) is 56.0 Å². The van der Waals surface area contributed by atoms with E-state index < -0.39 is 0 Å². The Morgan fingerprint density at radius 3 is 2.73 bits per heavy atom. The third-order valence-corrected chi connectivity index (χ3v) is 5.49. The van der Waals surface area contributed by atoms with Crippen molar-refractivity contribution in [2.24, 2.45) is 0 Å². The second-order valence-corrected chi connectivity index (χ2v) is 7.49. The Bertz CT molecular complexity index is 1220. The van der Waals surface area contributed by atoms with Gasteiger partial charge in [-0.2, -0.15) is 17.7 Å². The number of imidazole rings is 1. The van der Waals surface area contributed by atoms with E-state index in [0.29, 0.717) is 29.3 Å². The molecule has 9 heteroatoms. The lowest BCUT2D eigenvalue weighted by Crippen LogP contribution is -2.40. The van der Waals surface area contributed by atoms with Gasteiger partial charge in [-0.3, -0.25) is 9.89 Å².